The quantitative estimate of drug-likeness (QED) is 0.810. The zero-order valence-corrected chi connectivity index (χ0v) is 12.1. The van der Waals surface area contributed by atoms with Crippen LogP contribution in [0.4, 0.5) is 0 Å². The van der Waals surface area contributed by atoms with E-state index in [2.05, 4.69) is 37.9 Å². The van der Waals surface area contributed by atoms with Crippen molar-refractivity contribution < 1.29 is 0 Å². The van der Waals surface area contributed by atoms with Crippen molar-refractivity contribution in [3.8, 4) is 0 Å². The Bertz CT molecular complexity index is 237. The first-order chi connectivity index (χ1) is 7.98. The molecule has 0 bridgehead atoms. The predicted octanol–water partition coefficient (Wildman–Crippen LogP) is 2.89. The Kier molecular flexibility index (Phi) is 4.14. The van der Waals surface area contributed by atoms with Crippen LogP contribution in [-0.4, -0.2) is 36.6 Å². The van der Waals surface area contributed by atoms with Crippen molar-refractivity contribution >= 4 is 0 Å². The fourth-order valence-electron chi connectivity index (χ4n) is 3.12. The highest BCUT2D eigenvalue weighted by atomic mass is 15.2. The van der Waals surface area contributed by atoms with Gasteiger partial charge in [-0.2, -0.15) is 0 Å². The molecule has 2 fully saturated rings. The van der Waals surface area contributed by atoms with Crippen molar-refractivity contribution in [1.29, 1.82) is 0 Å². The molecule has 0 aromatic rings. The average Bonchev–Trinajstić information content (AvgIpc) is 2.19. The number of hydrogen-bond acceptors (Lipinski definition) is 2. The number of rotatable bonds is 4. The standard InChI is InChI=1S/C15H30N2/c1-12(2)16-11-13-5-6-14(13)17-9-7-15(3,4)8-10-17/h12-14,16H,5-11H2,1-4H3. The van der Waals surface area contributed by atoms with E-state index in [9.17, 15) is 0 Å². The summed E-state index contributed by atoms with van der Waals surface area (Å²) in [6.07, 6.45) is 5.64. The van der Waals surface area contributed by atoms with Crippen LogP contribution in [0.3, 0.4) is 0 Å². The summed E-state index contributed by atoms with van der Waals surface area (Å²) in [6.45, 7) is 13.2. The molecule has 2 aliphatic rings. The second-order valence-corrected chi connectivity index (χ2v) is 7.17. The van der Waals surface area contributed by atoms with Crippen LogP contribution in [0.2, 0.25) is 0 Å². The van der Waals surface area contributed by atoms with Gasteiger partial charge in [-0.1, -0.05) is 27.7 Å². The van der Waals surface area contributed by atoms with Gasteiger partial charge in [-0.15, -0.1) is 0 Å². The van der Waals surface area contributed by atoms with E-state index in [1.807, 2.05) is 0 Å². The van der Waals surface area contributed by atoms with Gasteiger partial charge in [-0.3, -0.25) is 0 Å². The van der Waals surface area contributed by atoms with Crippen LogP contribution in [0.5, 0.6) is 0 Å². The van der Waals surface area contributed by atoms with E-state index in [-0.39, 0.29) is 0 Å². The molecule has 1 saturated carbocycles. The minimum Gasteiger partial charge on any atom is -0.314 e. The average molecular weight is 238 g/mol. The number of likely N-dealkylation sites (tertiary alicyclic amines) is 1. The maximum Gasteiger partial charge on any atom is 0.0136 e. The number of piperidine rings is 1. The number of nitrogens with one attached hydrogen (secondary N) is 1. The molecule has 0 aromatic heterocycles. The van der Waals surface area contributed by atoms with Crippen LogP contribution >= 0.6 is 0 Å². The molecule has 2 rings (SSSR count). The largest absolute Gasteiger partial charge is 0.314 e. The highest BCUT2D eigenvalue weighted by Gasteiger charge is 2.37. The zero-order chi connectivity index (χ0) is 12.5. The SMILES string of the molecule is CC(C)NCC1CCC1N1CCC(C)(C)CC1. The van der Waals surface area contributed by atoms with E-state index < -0.39 is 0 Å². The molecule has 2 unspecified atom stereocenters. The third-order valence-electron chi connectivity index (χ3n) is 4.79. The Balaban J connectivity index is 1.75. The molecule has 100 valence electrons. The predicted molar refractivity (Wildman–Crippen MR) is 74.2 cm³/mol. The maximum absolute atomic E-state index is 3.61. The summed E-state index contributed by atoms with van der Waals surface area (Å²) in [6, 6.07) is 1.52. The van der Waals surface area contributed by atoms with Gasteiger partial charge in [0.1, 0.15) is 0 Å². The normalized spacial score (nSPS) is 33.7. The number of hydrogen-bond donors (Lipinski definition) is 1. The molecular weight excluding hydrogens is 208 g/mol. The van der Waals surface area contributed by atoms with Crippen LogP contribution < -0.4 is 5.32 Å². The van der Waals surface area contributed by atoms with Gasteiger partial charge in [0.25, 0.3) is 0 Å². The van der Waals surface area contributed by atoms with Crippen LogP contribution in [0, 0.1) is 11.3 Å². The van der Waals surface area contributed by atoms with Gasteiger partial charge in [-0.05, 0) is 56.7 Å². The van der Waals surface area contributed by atoms with Crippen LogP contribution in [0.25, 0.3) is 0 Å². The molecule has 2 nitrogen and oxygen atoms in total. The molecule has 1 aliphatic heterocycles. The molecule has 1 heterocycles. The summed E-state index contributed by atoms with van der Waals surface area (Å²) in [5.74, 6) is 0.915. The Labute approximate surface area is 107 Å². The first-order valence-electron chi connectivity index (χ1n) is 7.45. The van der Waals surface area contributed by atoms with E-state index in [1.165, 1.54) is 45.3 Å². The van der Waals surface area contributed by atoms with Crippen LogP contribution in [-0.2, 0) is 0 Å². The first kappa shape index (κ1) is 13.4. The Morgan fingerprint density at radius 3 is 2.29 bits per heavy atom. The molecular formula is C15H30N2. The molecule has 1 N–H and O–H groups in total. The van der Waals surface area contributed by atoms with Gasteiger partial charge >= 0.3 is 0 Å². The van der Waals surface area contributed by atoms with Gasteiger partial charge in [0, 0.05) is 12.1 Å². The molecule has 0 radical (unpaired) electrons. The molecule has 1 saturated heterocycles. The molecule has 0 amide bonds. The smallest absolute Gasteiger partial charge is 0.0136 e. The van der Waals surface area contributed by atoms with Crippen molar-refractivity contribution in [2.24, 2.45) is 11.3 Å². The van der Waals surface area contributed by atoms with Crippen molar-refractivity contribution in [2.75, 3.05) is 19.6 Å². The lowest BCUT2D eigenvalue weighted by Gasteiger charge is -2.49. The topological polar surface area (TPSA) is 15.3 Å². The van der Waals surface area contributed by atoms with Crippen LogP contribution in [0.1, 0.15) is 53.4 Å². The third kappa shape index (κ3) is 3.45. The Morgan fingerprint density at radius 1 is 1.18 bits per heavy atom. The highest BCUT2D eigenvalue weighted by Crippen LogP contribution is 2.37. The minimum atomic E-state index is 0.589. The molecule has 0 aromatic carbocycles. The Morgan fingerprint density at radius 2 is 1.82 bits per heavy atom. The van der Waals surface area contributed by atoms with Gasteiger partial charge in [-0.25, -0.2) is 0 Å². The molecule has 2 atom stereocenters. The van der Waals surface area contributed by atoms with E-state index in [4.69, 9.17) is 0 Å². The summed E-state index contributed by atoms with van der Waals surface area (Å²) in [7, 11) is 0. The lowest BCUT2D eigenvalue weighted by molar-refractivity contribution is 0.0172. The van der Waals surface area contributed by atoms with Crippen molar-refractivity contribution in [2.45, 2.75) is 65.5 Å². The summed E-state index contributed by atoms with van der Waals surface area (Å²) in [4.78, 5) is 2.77. The monoisotopic (exact) mass is 238 g/mol. The van der Waals surface area contributed by atoms with Crippen molar-refractivity contribution in [3.63, 3.8) is 0 Å². The second kappa shape index (κ2) is 5.27. The van der Waals surface area contributed by atoms with E-state index >= 15 is 0 Å². The summed E-state index contributed by atoms with van der Waals surface area (Å²) < 4.78 is 0. The van der Waals surface area contributed by atoms with Crippen LogP contribution in [0.15, 0.2) is 0 Å². The second-order valence-electron chi connectivity index (χ2n) is 7.17. The molecule has 2 heteroatoms. The lowest BCUT2D eigenvalue weighted by Crippen LogP contribution is -2.54. The number of nitrogens with zero attached hydrogens (tertiary/aromatic N) is 1. The molecule has 1 aliphatic carbocycles. The first-order valence-corrected chi connectivity index (χ1v) is 7.45. The fraction of sp³-hybridized carbons (Fsp3) is 1.00. The van der Waals surface area contributed by atoms with Gasteiger partial charge in [0.05, 0.1) is 0 Å². The third-order valence-corrected chi connectivity index (χ3v) is 4.79. The summed E-state index contributed by atoms with van der Waals surface area (Å²) in [5.41, 5.74) is 0.589. The Hall–Kier alpha value is -0.0800. The lowest BCUT2D eigenvalue weighted by atomic mass is 9.75. The molecule has 0 spiro atoms. The molecule has 17 heavy (non-hydrogen) atoms. The van der Waals surface area contributed by atoms with Crippen molar-refractivity contribution in [1.82, 2.24) is 10.2 Å². The van der Waals surface area contributed by atoms with Crippen molar-refractivity contribution in [3.05, 3.63) is 0 Å². The summed E-state index contributed by atoms with van der Waals surface area (Å²) in [5, 5.41) is 3.61. The maximum atomic E-state index is 3.61. The van der Waals surface area contributed by atoms with E-state index in [1.54, 1.807) is 0 Å². The minimum absolute atomic E-state index is 0.589. The summed E-state index contributed by atoms with van der Waals surface area (Å²) >= 11 is 0. The van der Waals surface area contributed by atoms with E-state index in [0.717, 1.165) is 12.0 Å². The zero-order valence-electron chi connectivity index (χ0n) is 12.1. The van der Waals surface area contributed by atoms with Gasteiger partial charge in [0.15, 0.2) is 0 Å². The fourth-order valence-corrected chi connectivity index (χ4v) is 3.12. The van der Waals surface area contributed by atoms with Gasteiger partial charge < -0.3 is 10.2 Å². The van der Waals surface area contributed by atoms with Gasteiger partial charge in [0.2, 0.25) is 0 Å². The van der Waals surface area contributed by atoms with E-state index in [0.29, 0.717) is 11.5 Å². The highest BCUT2D eigenvalue weighted by molar-refractivity contribution is 4.93.